The second-order valence-electron chi connectivity index (χ2n) is 5.08. The van der Waals surface area contributed by atoms with Gasteiger partial charge in [-0.2, -0.15) is 0 Å². The molecule has 5 heteroatoms. The highest BCUT2D eigenvalue weighted by Crippen LogP contribution is 2.16. The standard InChI is InChI=1S/C16H18N2O2S/c1-20-14-11-17-8-2-4-13(17)10-18(12-14)16(19)7-6-15-5-3-9-21-15/h2-9,14H,10-12H2,1H3/b7-6+. The zero-order valence-electron chi connectivity index (χ0n) is 11.9. The summed E-state index contributed by atoms with van der Waals surface area (Å²) in [7, 11) is 1.70. The molecule has 4 nitrogen and oxygen atoms in total. The van der Waals surface area contributed by atoms with Crippen molar-refractivity contribution in [3.8, 4) is 0 Å². The summed E-state index contributed by atoms with van der Waals surface area (Å²) in [5, 5.41) is 2.00. The Morgan fingerprint density at radius 3 is 3.05 bits per heavy atom. The predicted octanol–water partition coefficient (Wildman–Crippen LogP) is 2.62. The van der Waals surface area contributed by atoms with E-state index in [1.807, 2.05) is 40.8 Å². The molecule has 1 aliphatic heterocycles. The number of methoxy groups -OCH3 is 1. The van der Waals surface area contributed by atoms with Crippen LogP contribution in [0.5, 0.6) is 0 Å². The van der Waals surface area contributed by atoms with E-state index in [2.05, 4.69) is 10.6 Å². The number of hydrogen-bond donors (Lipinski definition) is 0. The first kappa shape index (κ1) is 14.1. The smallest absolute Gasteiger partial charge is 0.247 e. The van der Waals surface area contributed by atoms with Gasteiger partial charge in [-0.05, 0) is 29.7 Å². The maximum Gasteiger partial charge on any atom is 0.247 e. The Morgan fingerprint density at radius 2 is 2.29 bits per heavy atom. The number of carbonyl (C=O) groups excluding carboxylic acids is 1. The van der Waals surface area contributed by atoms with Crippen molar-refractivity contribution < 1.29 is 9.53 Å². The second-order valence-corrected chi connectivity index (χ2v) is 6.06. The minimum atomic E-state index is 0.0257. The molecule has 0 aromatic carbocycles. The molecule has 1 atom stereocenters. The van der Waals surface area contributed by atoms with Crippen LogP contribution in [0.4, 0.5) is 0 Å². The summed E-state index contributed by atoms with van der Waals surface area (Å²) in [5.41, 5.74) is 1.15. The summed E-state index contributed by atoms with van der Waals surface area (Å²) in [6, 6.07) is 8.05. The molecule has 0 radical (unpaired) electrons. The van der Waals surface area contributed by atoms with Crippen LogP contribution in [0.15, 0.2) is 41.9 Å². The van der Waals surface area contributed by atoms with Gasteiger partial charge >= 0.3 is 0 Å². The van der Waals surface area contributed by atoms with Gasteiger partial charge in [-0.15, -0.1) is 11.3 Å². The third-order valence-corrected chi connectivity index (χ3v) is 4.52. The third-order valence-electron chi connectivity index (χ3n) is 3.68. The molecule has 0 spiro atoms. The summed E-state index contributed by atoms with van der Waals surface area (Å²) in [6.45, 7) is 2.03. The first-order valence-corrected chi connectivity index (χ1v) is 7.81. The van der Waals surface area contributed by atoms with Gasteiger partial charge in [-0.1, -0.05) is 6.07 Å². The average molecular weight is 302 g/mol. The van der Waals surface area contributed by atoms with Gasteiger partial charge in [-0.25, -0.2) is 0 Å². The average Bonchev–Trinajstić information content (AvgIpc) is 3.12. The van der Waals surface area contributed by atoms with Gasteiger partial charge in [0.2, 0.25) is 5.91 Å². The minimum Gasteiger partial charge on any atom is -0.378 e. The number of amides is 1. The van der Waals surface area contributed by atoms with Crippen LogP contribution >= 0.6 is 11.3 Å². The van der Waals surface area contributed by atoms with Crippen LogP contribution < -0.4 is 0 Å². The van der Waals surface area contributed by atoms with E-state index in [9.17, 15) is 4.79 Å². The number of nitrogens with zero attached hydrogens (tertiary/aromatic N) is 2. The second kappa shape index (κ2) is 6.28. The number of fused-ring (bicyclic) bond motifs is 1. The largest absolute Gasteiger partial charge is 0.378 e. The number of hydrogen-bond acceptors (Lipinski definition) is 3. The summed E-state index contributed by atoms with van der Waals surface area (Å²) < 4.78 is 7.65. The lowest BCUT2D eigenvalue weighted by Crippen LogP contribution is -2.35. The SMILES string of the molecule is COC1CN(C(=O)/C=C/c2cccs2)Cc2cccn2C1. The monoisotopic (exact) mass is 302 g/mol. The molecule has 1 unspecified atom stereocenters. The van der Waals surface area contributed by atoms with E-state index in [1.165, 1.54) is 0 Å². The maximum atomic E-state index is 12.4. The van der Waals surface area contributed by atoms with Crippen molar-refractivity contribution in [2.45, 2.75) is 19.2 Å². The molecule has 2 aromatic rings. The topological polar surface area (TPSA) is 34.5 Å². The number of thiophene rings is 1. The normalized spacial score (nSPS) is 18.7. The van der Waals surface area contributed by atoms with Crippen LogP contribution in [0, 0.1) is 0 Å². The summed E-state index contributed by atoms with van der Waals surface area (Å²) in [4.78, 5) is 15.4. The minimum absolute atomic E-state index is 0.0257. The lowest BCUT2D eigenvalue weighted by Gasteiger charge is -2.22. The fourth-order valence-electron chi connectivity index (χ4n) is 2.52. The Kier molecular flexibility index (Phi) is 4.22. The van der Waals surface area contributed by atoms with Crippen molar-refractivity contribution in [3.63, 3.8) is 0 Å². The molecular weight excluding hydrogens is 284 g/mol. The Morgan fingerprint density at radius 1 is 1.38 bits per heavy atom. The van der Waals surface area contributed by atoms with Crippen molar-refractivity contribution >= 4 is 23.3 Å². The van der Waals surface area contributed by atoms with Crippen molar-refractivity contribution in [3.05, 3.63) is 52.5 Å². The van der Waals surface area contributed by atoms with Crippen LogP contribution in [-0.4, -0.2) is 35.1 Å². The van der Waals surface area contributed by atoms with Crippen molar-refractivity contribution in [2.24, 2.45) is 0 Å². The Hall–Kier alpha value is -1.85. The number of aromatic nitrogens is 1. The quantitative estimate of drug-likeness (QED) is 0.817. The maximum absolute atomic E-state index is 12.4. The lowest BCUT2D eigenvalue weighted by atomic mass is 10.3. The van der Waals surface area contributed by atoms with E-state index >= 15 is 0 Å². The molecule has 1 aliphatic rings. The molecule has 0 N–H and O–H groups in total. The fourth-order valence-corrected chi connectivity index (χ4v) is 3.13. The van der Waals surface area contributed by atoms with Gasteiger partial charge in [0.15, 0.2) is 0 Å². The molecule has 3 rings (SSSR count). The van der Waals surface area contributed by atoms with Gasteiger partial charge in [0.1, 0.15) is 0 Å². The summed E-state index contributed by atoms with van der Waals surface area (Å²) in [5.74, 6) is 0.0279. The van der Waals surface area contributed by atoms with Gasteiger partial charge < -0.3 is 14.2 Å². The Balaban J connectivity index is 1.76. The first-order valence-electron chi connectivity index (χ1n) is 6.93. The number of ether oxygens (including phenoxy) is 1. The van der Waals surface area contributed by atoms with E-state index in [0.29, 0.717) is 13.1 Å². The fraction of sp³-hybridized carbons (Fsp3) is 0.312. The molecule has 0 saturated heterocycles. The van der Waals surface area contributed by atoms with Crippen LogP contribution in [0.25, 0.3) is 6.08 Å². The van der Waals surface area contributed by atoms with Crippen molar-refractivity contribution in [2.75, 3.05) is 13.7 Å². The van der Waals surface area contributed by atoms with E-state index in [-0.39, 0.29) is 12.0 Å². The highest BCUT2D eigenvalue weighted by atomic mass is 32.1. The zero-order chi connectivity index (χ0) is 14.7. The van der Waals surface area contributed by atoms with E-state index in [0.717, 1.165) is 17.1 Å². The molecule has 110 valence electrons. The third kappa shape index (κ3) is 3.25. The molecule has 0 fully saturated rings. The molecule has 21 heavy (non-hydrogen) atoms. The summed E-state index contributed by atoms with van der Waals surface area (Å²) in [6.07, 6.45) is 5.59. The van der Waals surface area contributed by atoms with Crippen molar-refractivity contribution in [1.29, 1.82) is 0 Å². The Bertz CT molecular complexity index is 631. The van der Waals surface area contributed by atoms with E-state index in [4.69, 9.17) is 4.74 Å². The molecule has 3 heterocycles. The highest BCUT2D eigenvalue weighted by molar-refractivity contribution is 7.10. The lowest BCUT2D eigenvalue weighted by molar-refractivity contribution is -0.128. The molecule has 0 aliphatic carbocycles. The number of carbonyl (C=O) groups is 1. The van der Waals surface area contributed by atoms with Gasteiger partial charge in [0.05, 0.1) is 19.2 Å². The first-order chi connectivity index (χ1) is 10.3. The van der Waals surface area contributed by atoms with Gasteiger partial charge in [-0.3, -0.25) is 4.79 Å². The van der Waals surface area contributed by atoms with Crippen molar-refractivity contribution in [1.82, 2.24) is 9.47 Å². The zero-order valence-corrected chi connectivity index (χ0v) is 12.8. The Labute approximate surface area is 128 Å². The highest BCUT2D eigenvalue weighted by Gasteiger charge is 2.23. The molecule has 2 aromatic heterocycles. The predicted molar refractivity (Wildman–Crippen MR) is 84.0 cm³/mol. The van der Waals surface area contributed by atoms with Crippen LogP contribution in [0.2, 0.25) is 0 Å². The molecule has 0 saturated carbocycles. The molecule has 0 bridgehead atoms. The van der Waals surface area contributed by atoms with Crippen LogP contribution in [0.3, 0.4) is 0 Å². The molecule has 1 amide bonds. The van der Waals surface area contributed by atoms with Crippen LogP contribution in [-0.2, 0) is 22.6 Å². The van der Waals surface area contributed by atoms with Gasteiger partial charge in [0.25, 0.3) is 0 Å². The van der Waals surface area contributed by atoms with Crippen LogP contribution in [0.1, 0.15) is 10.6 Å². The van der Waals surface area contributed by atoms with E-state index in [1.54, 1.807) is 24.5 Å². The van der Waals surface area contributed by atoms with E-state index < -0.39 is 0 Å². The van der Waals surface area contributed by atoms with Gasteiger partial charge in [0, 0.05) is 36.5 Å². The number of rotatable bonds is 3. The molecular formula is C16H18N2O2S. The summed E-state index contributed by atoms with van der Waals surface area (Å²) >= 11 is 1.62.